The summed E-state index contributed by atoms with van der Waals surface area (Å²) in [5.41, 5.74) is 0.509. The van der Waals surface area contributed by atoms with Crippen molar-refractivity contribution in [2.45, 2.75) is 32.2 Å². The molecule has 1 aromatic carbocycles. The van der Waals surface area contributed by atoms with Crippen LogP contribution in [0.15, 0.2) is 23.1 Å². The van der Waals surface area contributed by atoms with Crippen LogP contribution < -0.4 is 15.6 Å². The number of aromatic nitrogens is 1. The van der Waals surface area contributed by atoms with E-state index in [1.165, 1.54) is 13.0 Å². The van der Waals surface area contributed by atoms with Gasteiger partial charge >= 0.3 is 0 Å². The first-order chi connectivity index (χ1) is 14.9. The summed E-state index contributed by atoms with van der Waals surface area (Å²) in [5.74, 6) is -1.02. The molecule has 1 aliphatic carbocycles. The number of hydrogen-bond acceptors (Lipinski definition) is 5. The molecule has 2 N–H and O–H groups in total. The summed E-state index contributed by atoms with van der Waals surface area (Å²) in [6.45, 7) is 3.80. The van der Waals surface area contributed by atoms with Crippen molar-refractivity contribution < 1.29 is 19.1 Å². The molecular formula is C22H27FN4O4. The number of carbonyl (C=O) groups excluding carboxylic acids is 2. The lowest BCUT2D eigenvalue weighted by Crippen LogP contribution is -2.48. The van der Waals surface area contributed by atoms with E-state index < -0.39 is 17.2 Å². The molecule has 1 saturated heterocycles. The van der Waals surface area contributed by atoms with E-state index in [0.717, 1.165) is 12.8 Å². The molecular weight excluding hydrogens is 403 g/mol. The minimum atomic E-state index is -0.514. The van der Waals surface area contributed by atoms with Gasteiger partial charge in [0, 0.05) is 63.9 Å². The number of halogens is 1. The molecule has 1 aliphatic heterocycles. The van der Waals surface area contributed by atoms with Crippen molar-refractivity contribution in [2.24, 2.45) is 0 Å². The van der Waals surface area contributed by atoms with E-state index in [9.17, 15) is 14.4 Å². The molecule has 0 spiro atoms. The third-order valence-corrected chi connectivity index (χ3v) is 5.97. The molecule has 2 heterocycles. The number of nitrogens with one attached hydrogen (secondary N) is 1. The molecule has 0 bridgehead atoms. The highest BCUT2D eigenvalue weighted by Gasteiger charge is 2.28. The highest BCUT2D eigenvalue weighted by molar-refractivity contribution is 5.98. The lowest BCUT2D eigenvalue weighted by atomic mass is 10.1. The molecule has 1 saturated carbocycles. The summed E-state index contributed by atoms with van der Waals surface area (Å²) in [5, 5.41) is 11.7. The lowest BCUT2D eigenvalue weighted by molar-refractivity contribution is -0.129. The molecule has 4 rings (SSSR count). The molecule has 1 aromatic heterocycles. The first-order valence-corrected chi connectivity index (χ1v) is 10.7. The second-order valence-electron chi connectivity index (χ2n) is 8.16. The lowest BCUT2D eigenvalue weighted by Gasteiger charge is -2.36. The van der Waals surface area contributed by atoms with Crippen molar-refractivity contribution in [1.82, 2.24) is 14.8 Å². The fourth-order valence-electron chi connectivity index (χ4n) is 4.06. The van der Waals surface area contributed by atoms with Crippen LogP contribution in [0.2, 0.25) is 0 Å². The predicted molar refractivity (Wildman–Crippen MR) is 115 cm³/mol. The summed E-state index contributed by atoms with van der Waals surface area (Å²) >= 11 is 0. The minimum Gasteiger partial charge on any atom is -0.396 e. The molecule has 8 nitrogen and oxygen atoms in total. The van der Waals surface area contributed by atoms with Crippen LogP contribution in [-0.4, -0.2) is 65.7 Å². The number of aliphatic hydroxyl groups excluding tert-OH is 1. The Bertz CT molecular complexity index is 1070. The Morgan fingerprint density at radius 2 is 1.90 bits per heavy atom. The summed E-state index contributed by atoms with van der Waals surface area (Å²) in [6.07, 6.45) is 3.85. The van der Waals surface area contributed by atoms with E-state index in [1.807, 2.05) is 9.47 Å². The van der Waals surface area contributed by atoms with Crippen LogP contribution in [0.25, 0.3) is 10.9 Å². The number of pyridine rings is 1. The number of nitrogens with zero attached hydrogens (tertiary/aromatic N) is 3. The Morgan fingerprint density at radius 3 is 2.52 bits per heavy atom. The van der Waals surface area contributed by atoms with E-state index in [0.29, 0.717) is 43.8 Å². The van der Waals surface area contributed by atoms with E-state index in [4.69, 9.17) is 5.11 Å². The first kappa shape index (κ1) is 21.3. The zero-order valence-electron chi connectivity index (χ0n) is 17.6. The number of aliphatic hydroxyl groups is 1. The van der Waals surface area contributed by atoms with Crippen LogP contribution in [0.4, 0.5) is 10.1 Å². The molecule has 2 aliphatic rings. The van der Waals surface area contributed by atoms with Crippen molar-refractivity contribution >= 4 is 28.4 Å². The second kappa shape index (κ2) is 8.66. The van der Waals surface area contributed by atoms with Gasteiger partial charge < -0.3 is 24.8 Å². The van der Waals surface area contributed by atoms with E-state index in [2.05, 4.69) is 5.32 Å². The normalized spacial score (nSPS) is 16.6. The van der Waals surface area contributed by atoms with Crippen LogP contribution in [0, 0.1) is 5.82 Å². The number of hydrogen-bond donors (Lipinski definition) is 2. The first-order valence-electron chi connectivity index (χ1n) is 10.7. The fourth-order valence-corrected chi connectivity index (χ4v) is 4.06. The third-order valence-electron chi connectivity index (χ3n) is 5.97. The number of anilines is 1. The van der Waals surface area contributed by atoms with Crippen LogP contribution in [0.3, 0.4) is 0 Å². The Kier molecular flexibility index (Phi) is 5.95. The van der Waals surface area contributed by atoms with Gasteiger partial charge in [-0.05, 0) is 31.4 Å². The van der Waals surface area contributed by atoms with Crippen molar-refractivity contribution in [3.05, 3.63) is 39.9 Å². The number of carbonyl (C=O) groups is 2. The standard InChI is InChI=1S/C22H27FN4O4/c1-14(29)25-6-8-26(9-7-25)20-12-19-16(11-18(20)23)21(30)17(13-27(19)15-3-4-15)22(31)24-5-2-10-28/h11-13,15,28H,2-10H2,1H3,(H,24,31). The Hall–Kier alpha value is -2.94. The van der Waals surface area contributed by atoms with Gasteiger partial charge in [-0.3, -0.25) is 14.4 Å². The van der Waals surface area contributed by atoms with Crippen LogP contribution in [0.5, 0.6) is 0 Å². The fraction of sp³-hybridized carbons (Fsp3) is 0.500. The van der Waals surface area contributed by atoms with Gasteiger partial charge in [-0.1, -0.05) is 0 Å². The van der Waals surface area contributed by atoms with Crippen LogP contribution in [-0.2, 0) is 4.79 Å². The number of piperazine rings is 1. The molecule has 2 amide bonds. The Morgan fingerprint density at radius 1 is 1.19 bits per heavy atom. The molecule has 0 radical (unpaired) electrons. The zero-order valence-corrected chi connectivity index (χ0v) is 17.6. The van der Waals surface area contributed by atoms with Gasteiger partial charge in [0.15, 0.2) is 0 Å². The summed E-state index contributed by atoms with van der Waals surface area (Å²) in [7, 11) is 0. The third kappa shape index (κ3) is 4.27. The Labute approximate surface area is 179 Å². The van der Waals surface area contributed by atoms with Crippen LogP contribution >= 0.6 is 0 Å². The molecule has 31 heavy (non-hydrogen) atoms. The number of amides is 2. The highest BCUT2D eigenvalue weighted by atomic mass is 19.1. The average molecular weight is 430 g/mol. The molecule has 0 atom stereocenters. The SMILES string of the molecule is CC(=O)N1CCN(c2cc3c(cc2F)c(=O)c(C(=O)NCCCO)cn3C2CC2)CC1. The van der Waals surface area contributed by atoms with Crippen LogP contribution in [0.1, 0.15) is 42.6 Å². The highest BCUT2D eigenvalue weighted by Crippen LogP contribution is 2.38. The maximum absolute atomic E-state index is 15.1. The van der Waals surface area contributed by atoms with Crippen molar-refractivity contribution in [2.75, 3.05) is 44.2 Å². The van der Waals surface area contributed by atoms with Gasteiger partial charge in [0.2, 0.25) is 11.3 Å². The maximum Gasteiger partial charge on any atom is 0.256 e. The monoisotopic (exact) mass is 430 g/mol. The molecule has 9 heteroatoms. The maximum atomic E-state index is 15.1. The van der Waals surface area contributed by atoms with Crippen molar-refractivity contribution in [3.8, 4) is 0 Å². The zero-order chi connectivity index (χ0) is 22.1. The van der Waals surface area contributed by atoms with Gasteiger partial charge in [-0.2, -0.15) is 0 Å². The number of fused-ring (bicyclic) bond motifs is 1. The Balaban J connectivity index is 1.72. The number of rotatable bonds is 6. The van der Waals surface area contributed by atoms with Crippen molar-refractivity contribution in [3.63, 3.8) is 0 Å². The van der Waals surface area contributed by atoms with E-state index >= 15 is 4.39 Å². The largest absolute Gasteiger partial charge is 0.396 e. The topological polar surface area (TPSA) is 94.9 Å². The molecule has 0 unspecified atom stereocenters. The molecule has 2 fully saturated rings. The van der Waals surface area contributed by atoms with E-state index in [1.54, 1.807) is 17.2 Å². The smallest absolute Gasteiger partial charge is 0.256 e. The predicted octanol–water partition coefficient (Wildman–Crippen LogP) is 1.26. The second-order valence-corrected chi connectivity index (χ2v) is 8.16. The average Bonchev–Trinajstić information content (AvgIpc) is 3.59. The van der Waals surface area contributed by atoms with Crippen molar-refractivity contribution in [1.29, 1.82) is 0 Å². The minimum absolute atomic E-state index is 0.00556. The van der Waals surface area contributed by atoms with Gasteiger partial charge in [0.1, 0.15) is 11.4 Å². The summed E-state index contributed by atoms with van der Waals surface area (Å²) in [4.78, 5) is 40.7. The molecule has 2 aromatic rings. The summed E-state index contributed by atoms with van der Waals surface area (Å²) in [6, 6.07) is 3.11. The molecule has 166 valence electrons. The van der Waals surface area contributed by atoms with Gasteiger partial charge in [0.05, 0.1) is 11.2 Å². The van der Waals surface area contributed by atoms with Gasteiger partial charge in [-0.15, -0.1) is 0 Å². The van der Waals surface area contributed by atoms with E-state index in [-0.39, 0.29) is 36.1 Å². The van der Waals surface area contributed by atoms with Gasteiger partial charge in [-0.25, -0.2) is 4.39 Å². The number of benzene rings is 1. The van der Waals surface area contributed by atoms with Gasteiger partial charge in [0.25, 0.3) is 5.91 Å². The summed E-state index contributed by atoms with van der Waals surface area (Å²) < 4.78 is 17.0. The quantitative estimate of drug-likeness (QED) is 0.673.